The maximum atomic E-state index is 13.5. The van der Waals surface area contributed by atoms with Crippen LogP contribution in [-0.4, -0.2) is 43.8 Å². The number of carbonyl (C=O) groups excluding carboxylic acids is 1. The maximum absolute atomic E-state index is 13.5. The standard InChI is InChI=1S/C17H20FN3O4S/c1-20(2)26(24,25)14-7-8-17(23)21(11-14)12-16(22)19-10-9-13-5-3-4-6-15(13)18/h3-8,11H,9-10,12H2,1-2H3,(H,19,22). The molecule has 1 aromatic carbocycles. The highest BCUT2D eigenvalue weighted by atomic mass is 32.2. The number of sulfonamides is 1. The summed E-state index contributed by atoms with van der Waals surface area (Å²) in [5, 5.41) is 2.59. The summed E-state index contributed by atoms with van der Waals surface area (Å²) < 4.78 is 39.8. The van der Waals surface area contributed by atoms with E-state index in [9.17, 15) is 22.4 Å². The maximum Gasteiger partial charge on any atom is 0.251 e. The van der Waals surface area contributed by atoms with Crippen molar-refractivity contribution in [3.05, 3.63) is 64.3 Å². The zero-order valence-electron chi connectivity index (χ0n) is 14.5. The van der Waals surface area contributed by atoms with E-state index in [0.29, 0.717) is 12.0 Å². The van der Waals surface area contributed by atoms with Crippen LogP contribution >= 0.6 is 0 Å². The van der Waals surface area contributed by atoms with Crippen molar-refractivity contribution < 1.29 is 17.6 Å². The minimum absolute atomic E-state index is 0.0822. The normalized spacial score (nSPS) is 11.5. The third-order valence-corrected chi connectivity index (χ3v) is 5.52. The monoisotopic (exact) mass is 381 g/mol. The van der Waals surface area contributed by atoms with Gasteiger partial charge in [0, 0.05) is 32.9 Å². The molecule has 0 spiro atoms. The van der Waals surface area contributed by atoms with Gasteiger partial charge in [0.1, 0.15) is 12.4 Å². The van der Waals surface area contributed by atoms with Crippen LogP contribution in [-0.2, 0) is 27.8 Å². The van der Waals surface area contributed by atoms with Gasteiger partial charge in [0.2, 0.25) is 15.9 Å². The number of carbonyl (C=O) groups is 1. The van der Waals surface area contributed by atoms with Crippen molar-refractivity contribution in [2.75, 3.05) is 20.6 Å². The van der Waals surface area contributed by atoms with Crippen LogP contribution in [0.3, 0.4) is 0 Å². The van der Waals surface area contributed by atoms with E-state index in [1.54, 1.807) is 18.2 Å². The quantitative estimate of drug-likeness (QED) is 0.761. The van der Waals surface area contributed by atoms with Crippen molar-refractivity contribution in [2.45, 2.75) is 17.9 Å². The van der Waals surface area contributed by atoms with Crippen molar-refractivity contribution in [1.82, 2.24) is 14.2 Å². The highest BCUT2D eigenvalue weighted by Gasteiger charge is 2.18. The van der Waals surface area contributed by atoms with Crippen molar-refractivity contribution in [1.29, 1.82) is 0 Å². The summed E-state index contributed by atoms with van der Waals surface area (Å²) >= 11 is 0. The van der Waals surface area contributed by atoms with E-state index >= 15 is 0 Å². The smallest absolute Gasteiger partial charge is 0.251 e. The molecule has 2 rings (SSSR count). The fraction of sp³-hybridized carbons (Fsp3) is 0.294. The summed E-state index contributed by atoms with van der Waals surface area (Å²) in [7, 11) is -0.959. The van der Waals surface area contributed by atoms with Gasteiger partial charge in [-0.25, -0.2) is 17.1 Å². The van der Waals surface area contributed by atoms with E-state index in [4.69, 9.17) is 0 Å². The molecular formula is C17H20FN3O4S. The van der Waals surface area contributed by atoms with E-state index in [2.05, 4.69) is 5.32 Å². The molecule has 26 heavy (non-hydrogen) atoms. The summed E-state index contributed by atoms with van der Waals surface area (Å²) in [4.78, 5) is 23.8. The van der Waals surface area contributed by atoms with Gasteiger partial charge in [-0.1, -0.05) is 18.2 Å². The first-order chi connectivity index (χ1) is 12.2. The number of hydrogen-bond donors (Lipinski definition) is 1. The van der Waals surface area contributed by atoms with Gasteiger partial charge in [-0.15, -0.1) is 0 Å². The molecule has 9 heteroatoms. The Morgan fingerprint density at radius 1 is 1.19 bits per heavy atom. The lowest BCUT2D eigenvalue weighted by Crippen LogP contribution is -2.34. The lowest BCUT2D eigenvalue weighted by atomic mass is 10.1. The number of hydrogen-bond acceptors (Lipinski definition) is 4. The van der Waals surface area contributed by atoms with E-state index in [0.717, 1.165) is 21.1 Å². The minimum atomic E-state index is -3.71. The molecule has 0 atom stereocenters. The minimum Gasteiger partial charge on any atom is -0.354 e. The summed E-state index contributed by atoms with van der Waals surface area (Å²) in [5.41, 5.74) is -0.0176. The highest BCUT2D eigenvalue weighted by Crippen LogP contribution is 2.10. The van der Waals surface area contributed by atoms with Crippen LogP contribution in [0.1, 0.15) is 5.56 Å². The zero-order chi connectivity index (χ0) is 19.3. The number of rotatable bonds is 7. The van der Waals surface area contributed by atoms with Gasteiger partial charge in [0.15, 0.2) is 0 Å². The number of nitrogens with one attached hydrogen (secondary N) is 1. The molecule has 1 aromatic heterocycles. The lowest BCUT2D eigenvalue weighted by molar-refractivity contribution is -0.121. The first kappa shape index (κ1) is 19.8. The van der Waals surface area contributed by atoms with E-state index in [1.165, 1.54) is 26.2 Å². The van der Waals surface area contributed by atoms with Crippen molar-refractivity contribution in [2.24, 2.45) is 0 Å². The molecule has 0 aliphatic heterocycles. The van der Waals surface area contributed by atoms with Gasteiger partial charge < -0.3 is 9.88 Å². The Labute approximate surface area is 151 Å². The molecule has 1 amide bonds. The molecule has 0 fully saturated rings. The topological polar surface area (TPSA) is 88.5 Å². The van der Waals surface area contributed by atoms with Gasteiger partial charge >= 0.3 is 0 Å². The first-order valence-corrected chi connectivity index (χ1v) is 9.29. The van der Waals surface area contributed by atoms with Crippen molar-refractivity contribution in [3.8, 4) is 0 Å². The molecule has 1 heterocycles. The molecule has 0 aliphatic carbocycles. The van der Waals surface area contributed by atoms with Gasteiger partial charge in [-0.05, 0) is 24.1 Å². The van der Waals surface area contributed by atoms with Crippen LogP contribution in [0.5, 0.6) is 0 Å². The molecule has 0 unspecified atom stereocenters. The average Bonchev–Trinajstić information content (AvgIpc) is 2.58. The van der Waals surface area contributed by atoms with Crippen molar-refractivity contribution >= 4 is 15.9 Å². The Bertz CT molecular complexity index is 954. The van der Waals surface area contributed by atoms with Crippen molar-refractivity contribution in [3.63, 3.8) is 0 Å². The predicted molar refractivity (Wildman–Crippen MR) is 94.7 cm³/mol. The highest BCUT2D eigenvalue weighted by molar-refractivity contribution is 7.89. The summed E-state index contributed by atoms with van der Waals surface area (Å²) in [6.07, 6.45) is 1.44. The summed E-state index contributed by atoms with van der Waals surface area (Å²) in [6, 6.07) is 8.55. The predicted octanol–water partition coefficient (Wildman–Crippen LogP) is 0.597. The van der Waals surface area contributed by atoms with E-state index in [1.807, 2.05) is 0 Å². The molecule has 0 saturated carbocycles. The molecule has 0 bridgehead atoms. The van der Waals surface area contributed by atoms with E-state index in [-0.39, 0.29) is 23.8 Å². The fourth-order valence-electron chi connectivity index (χ4n) is 2.24. The molecule has 0 saturated heterocycles. The van der Waals surface area contributed by atoms with E-state index < -0.39 is 21.5 Å². The number of pyridine rings is 1. The number of amides is 1. The fourth-order valence-corrected chi connectivity index (χ4v) is 3.17. The van der Waals surface area contributed by atoms with Crippen LogP contribution in [0.2, 0.25) is 0 Å². The molecule has 0 aliphatic rings. The van der Waals surface area contributed by atoms with Crippen LogP contribution in [0, 0.1) is 5.82 Å². The molecule has 7 nitrogen and oxygen atoms in total. The lowest BCUT2D eigenvalue weighted by Gasteiger charge is -2.13. The van der Waals surface area contributed by atoms with Gasteiger partial charge in [-0.2, -0.15) is 0 Å². The Balaban J connectivity index is 2.03. The molecule has 140 valence electrons. The zero-order valence-corrected chi connectivity index (χ0v) is 15.3. The Kier molecular flexibility index (Phi) is 6.27. The Hall–Kier alpha value is -2.52. The average molecular weight is 381 g/mol. The molecular weight excluding hydrogens is 361 g/mol. The second kappa shape index (κ2) is 8.24. The molecule has 1 N–H and O–H groups in total. The van der Waals surface area contributed by atoms with Crippen LogP contribution in [0.15, 0.2) is 52.3 Å². The Morgan fingerprint density at radius 3 is 2.54 bits per heavy atom. The number of benzene rings is 1. The van der Waals surface area contributed by atoms with Crippen LogP contribution in [0.25, 0.3) is 0 Å². The first-order valence-electron chi connectivity index (χ1n) is 7.85. The molecule has 0 radical (unpaired) electrons. The number of halogens is 1. The number of aromatic nitrogens is 1. The SMILES string of the molecule is CN(C)S(=O)(=O)c1ccc(=O)n(CC(=O)NCCc2ccccc2F)c1. The number of nitrogens with zero attached hydrogens (tertiary/aromatic N) is 2. The second-order valence-corrected chi connectivity index (χ2v) is 7.96. The third-order valence-electron chi connectivity index (χ3n) is 3.72. The van der Waals surface area contributed by atoms with Gasteiger partial charge in [0.25, 0.3) is 5.56 Å². The molecule has 2 aromatic rings. The Morgan fingerprint density at radius 2 is 1.88 bits per heavy atom. The van der Waals surface area contributed by atoms with Crippen LogP contribution in [0.4, 0.5) is 4.39 Å². The van der Waals surface area contributed by atoms with Gasteiger partial charge in [-0.3, -0.25) is 9.59 Å². The second-order valence-electron chi connectivity index (χ2n) is 5.81. The summed E-state index contributed by atoms with van der Waals surface area (Å²) in [6.45, 7) is -0.128. The largest absolute Gasteiger partial charge is 0.354 e. The van der Waals surface area contributed by atoms with Crippen LogP contribution < -0.4 is 10.9 Å². The third kappa shape index (κ3) is 4.77. The summed E-state index contributed by atoms with van der Waals surface area (Å²) in [5.74, 6) is -0.817. The van der Waals surface area contributed by atoms with Gasteiger partial charge in [0.05, 0.1) is 4.90 Å².